The summed E-state index contributed by atoms with van der Waals surface area (Å²) in [5.41, 5.74) is 7.71. The van der Waals surface area contributed by atoms with Gasteiger partial charge in [-0.3, -0.25) is 4.79 Å². The van der Waals surface area contributed by atoms with E-state index >= 15 is 0 Å². The molecule has 0 fully saturated rings. The maximum atomic E-state index is 11.7. The fraction of sp³-hybridized carbons (Fsp3) is 0.533. The average Bonchev–Trinajstić information content (AvgIpc) is 2.27. The molecule has 100 valence electrons. The van der Waals surface area contributed by atoms with Crippen LogP contribution in [0.2, 0.25) is 0 Å². The number of esters is 1. The van der Waals surface area contributed by atoms with Crippen LogP contribution >= 0.6 is 0 Å². The Balaban J connectivity index is 2.58. The van der Waals surface area contributed by atoms with Gasteiger partial charge in [-0.1, -0.05) is 31.2 Å². The summed E-state index contributed by atoms with van der Waals surface area (Å²) in [7, 11) is 0. The molecule has 2 N–H and O–H groups in total. The molecule has 0 aromatic heterocycles. The van der Waals surface area contributed by atoms with E-state index in [1.54, 1.807) is 0 Å². The number of aryl methyl sites for hydroxylation is 1. The minimum atomic E-state index is -0.600. The van der Waals surface area contributed by atoms with Crippen LogP contribution in [0.4, 0.5) is 0 Å². The molecule has 1 atom stereocenters. The first-order valence-electron chi connectivity index (χ1n) is 6.38. The molecule has 1 unspecified atom stereocenters. The van der Waals surface area contributed by atoms with E-state index in [0.717, 1.165) is 12.0 Å². The van der Waals surface area contributed by atoms with Gasteiger partial charge in [0.1, 0.15) is 11.6 Å². The van der Waals surface area contributed by atoms with Crippen molar-refractivity contribution in [3.8, 4) is 0 Å². The molecule has 1 aromatic carbocycles. The van der Waals surface area contributed by atoms with Gasteiger partial charge in [-0.15, -0.1) is 0 Å². The van der Waals surface area contributed by atoms with E-state index in [-0.39, 0.29) is 5.97 Å². The molecule has 18 heavy (non-hydrogen) atoms. The second-order valence-corrected chi connectivity index (χ2v) is 5.51. The van der Waals surface area contributed by atoms with Gasteiger partial charge in [-0.2, -0.15) is 0 Å². The minimum absolute atomic E-state index is 0.345. The Bertz CT molecular complexity index is 390. The van der Waals surface area contributed by atoms with Gasteiger partial charge in [0.05, 0.1) is 0 Å². The molecule has 0 aliphatic heterocycles. The zero-order valence-electron chi connectivity index (χ0n) is 11.7. The maximum Gasteiger partial charge on any atom is 0.323 e. The largest absolute Gasteiger partial charge is 0.459 e. The Morgan fingerprint density at radius 3 is 2.17 bits per heavy atom. The van der Waals surface area contributed by atoms with Crippen molar-refractivity contribution in [1.29, 1.82) is 0 Å². The SMILES string of the molecule is CCc1ccc(CC(N)C(=O)OC(C)(C)C)cc1. The lowest BCUT2D eigenvalue weighted by atomic mass is 10.0. The number of hydrogen-bond donors (Lipinski definition) is 1. The summed E-state index contributed by atoms with van der Waals surface area (Å²) in [5, 5.41) is 0. The van der Waals surface area contributed by atoms with Gasteiger partial charge in [0, 0.05) is 0 Å². The highest BCUT2D eigenvalue weighted by Gasteiger charge is 2.22. The first kappa shape index (κ1) is 14.7. The van der Waals surface area contributed by atoms with Gasteiger partial charge in [0.25, 0.3) is 0 Å². The molecular weight excluding hydrogens is 226 g/mol. The first-order chi connectivity index (χ1) is 8.31. The zero-order chi connectivity index (χ0) is 13.8. The van der Waals surface area contributed by atoms with Crippen molar-refractivity contribution >= 4 is 5.97 Å². The Morgan fingerprint density at radius 2 is 1.72 bits per heavy atom. The standard InChI is InChI=1S/C15H23NO2/c1-5-11-6-8-12(9-7-11)10-13(16)14(17)18-15(2,3)4/h6-9,13H,5,10,16H2,1-4H3. The van der Waals surface area contributed by atoms with Crippen LogP contribution in [0, 0.1) is 0 Å². The van der Waals surface area contributed by atoms with Crippen LogP contribution in [-0.2, 0) is 22.4 Å². The molecule has 3 heteroatoms. The Morgan fingerprint density at radius 1 is 1.22 bits per heavy atom. The highest BCUT2D eigenvalue weighted by Crippen LogP contribution is 2.11. The lowest BCUT2D eigenvalue weighted by molar-refractivity contribution is -0.156. The average molecular weight is 249 g/mol. The third kappa shape index (κ3) is 4.88. The Hall–Kier alpha value is -1.35. The summed E-state index contributed by atoms with van der Waals surface area (Å²) in [4.78, 5) is 11.7. The van der Waals surface area contributed by atoms with Gasteiger partial charge in [0.2, 0.25) is 0 Å². The molecule has 0 radical (unpaired) electrons. The van der Waals surface area contributed by atoms with Gasteiger partial charge >= 0.3 is 5.97 Å². The van der Waals surface area contributed by atoms with Crippen molar-refractivity contribution < 1.29 is 9.53 Å². The third-order valence-electron chi connectivity index (χ3n) is 2.60. The fourth-order valence-corrected chi connectivity index (χ4v) is 1.63. The molecule has 0 bridgehead atoms. The van der Waals surface area contributed by atoms with Crippen LogP contribution in [0.25, 0.3) is 0 Å². The second-order valence-electron chi connectivity index (χ2n) is 5.51. The fourth-order valence-electron chi connectivity index (χ4n) is 1.63. The summed E-state index contributed by atoms with van der Waals surface area (Å²) < 4.78 is 5.25. The highest BCUT2D eigenvalue weighted by molar-refractivity contribution is 5.76. The van der Waals surface area contributed by atoms with Crippen molar-refractivity contribution in [3.63, 3.8) is 0 Å². The summed E-state index contributed by atoms with van der Waals surface area (Å²) in [6.45, 7) is 7.64. The predicted molar refractivity (Wildman–Crippen MR) is 73.3 cm³/mol. The van der Waals surface area contributed by atoms with Gasteiger partial charge in [-0.25, -0.2) is 0 Å². The normalized spacial score (nSPS) is 13.2. The van der Waals surface area contributed by atoms with Crippen molar-refractivity contribution in [2.45, 2.75) is 52.2 Å². The molecule has 1 aromatic rings. The highest BCUT2D eigenvalue weighted by atomic mass is 16.6. The van der Waals surface area contributed by atoms with Gasteiger partial charge in [0.15, 0.2) is 0 Å². The van der Waals surface area contributed by atoms with Crippen molar-refractivity contribution in [1.82, 2.24) is 0 Å². The lowest BCUT2D eigenvalue weighted by Gasteiger charge is -2.22. The molecular formula is C15H23NO2. The van der Waals surface area contributed by atoms with Crippen LogP contribution in [0.15, 0.2) is 24.3 Å². The smallest absolute Gasteiger partial charge is 0.323 e. The molecule has 3 nitrogen and oxygen atoms in total. The van der Waals surface area contributed by atoms with E-state index in [0.29, 0.717) is 6.42 Å². The Labute approximate surface area is 109 Å². The number of ether oxygens (including phenoxy) is 1. The van der Waals surface area contributed by atoms with E-state index in [2.05, 4.69) is 19.1 Å². The number of benzene rings is 1. The van der Waals surface area contributed by atoms with Crippen molar-refractivity contribution in [3.05, 3.63) is 35.4 Å². The van der Waals surface area contributed by atoms with Crippen molar-refractivity contribution in [2.24, 2.45) is 5.73 Å². The molecule has 0 aliphatic carbocycles. The molecule has 0 saturated carbocycles. The Kier molecular flexibility index (Phi) is 4.91. The van der Waals surface area contributed by atoms with Crippen LogP contribution in [0.1, 0.15) is 38.8 Å². The second kappa shape index (κ2) is 6.01. The predicted octanol–water partition coefficient (Wildman–Crippen LogP) is 2.46. The number of carbonyl (C=O) groups is 1. The molecule has 0 amide bonds. The maximum absolute atomic E-state index is 11.7. The van der Waals surface area contributed by atoms with E-state index in [1.807, 2.05) is 32.9 Å². The van der Waals surface area contributed by atoms with Crippen LogP contribution < -0.4 is 5.73 Å². The number of hydrogen-bond acceptors (Lipinski definition) is 3. The molecule has 0 saturated heterocycles. The molecule has 0 heterocycles. The monoisotopic (exact) mass is 249 g/mol. The molecule has 1 rings (SSSR count). The van der Waals surface area contributed by atoms with E-state index in [1.165, 1.54) is 5.56 Å². The molecule has 0 aliphatic rings. The number of rotatable bonds is 4. The summed E-state index contributed by atoms with van der Waals surface area (Å²) >= 11 is 0. The molecule has 0 spiro atoms. The third-order valence-corrected chi connectivity index (χ3v) is 2.60. The van der Waals surface area contributed by atoms with E-state index < -0.39 is 11.6 Å². The summed E-state index contributed by atoms with van der Waals surface area (Å²) in [6.07, 6.45) is 1.53. The van der Waals surface area contributed by atoms with Gasteiger partial charge < -0.3 is 10.5 Å². The quantitative estimate of drug-likeness (QED) is 0.834. The minimum Gasteiger partial charge on any atom is -0.459 e. The van der Waals surface area contributed by atoms with Gasteiger partial charge in [-0.05, 0) is 44.7 Å². The first-order valence-corrected chi connectivity index (χ1v) is 6.38. The number of nitrogens with two attached hydrogens (primary N) is 1. The van der Waals surface area contributed by atoms with Crippen molar-refractivity contribution in [2.75, 3.05) is 0 Å². The number of carbonyl (C=O) groups excluding carboxylic acids is 1. The zero-order valence-corrected chi connectivity index (χ0v) is 11.7. The van der Waals surface area contributed by atoms with Crippen LogP contribution in [-0.4, -0.2) is 17.6 Å². The van der Waals surface area contributed by atoms with Crippen LogP contribution in [0.5, 0.6) is 0 Å². The van der Waals surface area contributed by atoms with E-state index in [4.69, 9.17) is 10.5 Å². The lowest BCUT2D eigenvalue weighted by Crippen LogP contribution is -2.38. The van der Waals surface area contributed by atoms with E-state index in [9.17, 15) is 4.79 Å². The summed E-state index contributed by atoms with van der Waals surface area (Å²) in [5.74, 6) is -0.345. The summed E-state index contributed by atoms with van der Waals surface area (Å²) in [6, 6.07) is 7.57. The van der Waals surface area contributed by atoms with Crippen LogP contribution in [0.3, 0.4) is 0 Å². The topological polar surface area (TPSA) is 52.3 Å².